The molecule has 3 rings (SSSR count). The molecule has 1 aromatic carbocycles. The zero-order chi connectivity index (χ0) is 20.3. The Hall–Kier alpha value is -3.09. The molecule has 2 amide bonds. The molecule has 148 valence electrons. The zero-order valence-corrected chi connectivity index (χ0v) is 16.3. The third kappa shape index (κ3) is 4.79. The number of hydrogen-bond acceptors (Lipinski definition) is 4. The lowest BCUT2D eigenvalue weighted by atomic mass is 10.2. The molecule has 1 saturated heterocycles. The van der Waals surface area contributed by atoms with E-state index >= 15 is 0 Å². The van der Waals surface area contributed by atoms with E-state index in [0.29, 0.717) is 30.8 Å². The number of carbonyl (C=O) groups is 2. The fourth-order valence-corrected chi connectivity index (χ4v) is 3.12. The maximum atomic E-state index is 12.7. The molecule has 7 heteroatoms. The van der Waals surface area contributed by atoms with Crippen LogP contribution in [0, 0.1) is 0 Å². The van der Waals surface area contributed by atoms with Crippen LogP contribution in [0.1, 0.15) is 37.6 Å². The van der Waals surface area contributed by atoms with Gasteiger partial charge in [0.25, 0.3) is 11.5 Å². The minimum absolute atomic E-state index is 0.0968. The summed E-state index contributed by atoms with van der Waals surface area (Å²) in [6.07, 6.45) is 1.90. The second-order valence-electron chi connectivity index (χ2n) is 7.84. The van der Waals surface area contributed by atoms with Gasteiger partial charge in [0.15, 0.2) is 0 Å². The first-order valence-electron chi connectivity index (χ1n) is 9.30. The zero-order valence-electron chi connectivity index (χ0n) is 16.3. The maximum absolute atomic E-state index is 12.7. The lowest BCUT2D eigenvalue weighted by Crippen LogP contribution is -2.41. The van der Waals surface area contributed by atoms with Gasteiger partial charge in [-0.25, -0.2) is 4.79 Å². The van der Waals surface area contributed by atoms with Crippen molar-refractivity contribution in [3.63, 3.8) is 0 Å². The number of likely N-dealkylation sites (tertiary alicyclic amines) is 1. The smallest absolute Gasteiger partial charge is 0.407 e. The summed E-state index contributed by atoms with van der Waals surface area (Å²) in [5.41, 5.74) is 0.566. The van der Waals surface area contributed by atoms with Gasteiger partial charge in [-0.15, -0.1) is 0 Å². The van der Waals surface area contributed by atoms with Crippen molar-refractivity contribution >= 4 is 12.0 Å². The number of ether oxygens (including phenoxy) is 1. The predicted octanol–water partition coefficient (Wildman–Crippen LogP) is 2.58. The van der Waals surface area contributed by atoms with Crippen LogP contribution >= 0.6 is 0 Å². The van der Waals surface area contributed by atoms with Crippen molar-refractivity contribution in [2.75, 3.05) is 13.1 Å². The molecule has 1 fully saturated rings. The molecule has 1 unspecified atom stereocenters. The molecule has 0 spiro atoms. The highest BCUT2D eigenvalue weighted by Crippen LogP contribution is 2.16. The van der Waals surface area contributed by atoms with Gasteiger partial charge in [-0.1, -0.05) is 6.07 Å². The normalized spacial score (nSPS) is 16.7. The number of aromatic nitrogens is 1. The summed E-state index contributed by atoms with van der Waals surface area (Å²) in [6.45, 7) is 6.44. The van der Waals surface area contributed by atoms with Gasteiger partial charge in [0.2, 0.25) is 0 Å². The largest absolute Gasteiger partial charge is 0.444 e. The number of pyridine rings is 1. The van der Waals surface area contributed by atoms with E-state index in [1.165, 1.54) is 10.6 Å². The van der Waals surface area contributed by atoms with Crippen molar-refractivity contribution in [3.8, 4) is 5.69 Å². The maximum Gasteiger partial charge on any atom is 0.407 e. The van der Waals surface area contributed by atoms with E-state index in [9.17, 15) is 14.4 Å². The average molecular weight is 383 g/mol. The third-order valence-corrected chi connectivity index (χ3v) is 4.41. The summed E-state index contributed by atoms with van der Waals surface area (Å²) in [4.78, 5) is 38.2. The van der Waals surface area contributed by atoms with Crippen LogP contribution in [0.2, 0.25) is 0 Å². The number of rotatable bonds is 3. The SMILES string of the molecule is CC(C)(C)OC(=O)NC1CCN(C(=O)c2ccc(-n3ccccc3=O)cc2)C1. The summed E-state index contributed by atoms with van der Waals surface area (Å²) in [5.74, 6) is -0.0968. The van der Waals surface area contributed by atoms with Crippen molar-refractivity contribution in [1.29, 1.82) is 0 Å². The topological polar surface area (TPSA) is 80.6 Å². The van der Waals surface area contributed by atoms with Crippen molar-refractivity contribution in [2.45, 2.75) is 38.8 Å². The molecule has 0 saturated carbocycles. The molecule has 2 heterocycles. The van der Waals surface area contributed by atoms with Gasteiger partial charge in [-0.05, 0) is 57.5 Å². The minimum Gasteiger partial charge on any atom is -0.444 e. The number of carbonyl (C=O) groups excluding carboxylic acids is 2. The summed E-state index contributed by atoms with van der Waals surface area (Å²) < 4.78 is 6.78. The Morgan fingerprint density at radius 3 is 2.46 bits per heavy atom. The molecule has 1 aromatic heterocycles. The van der Waals surface area contributed by atoms with Crippen molar-refractivity contribution in [1.82, 2.24) is 14.8 Å². The molecule has 0 radical (unpaired) electrons. The number of nitrogens with one attached hydrogen (secondary N) is 1. The van der Waals surface area contributed by atoms with Crippen LogP contribution in [0.3, 0.4) is 0 Å². The van der Waals surface area contributed by atoms with Gasteiger partial charge in [0.1, 0.15) is 5.60 Å². The highest BCUT2D eigenvalue weighted by molar-refractivity contribution is 5.94. The Bertz CT molecular complexity index is 912. The Morgan fingerprint density at radius 1 is 1.11 bits per heavy atom. The quantitative estimate of drug-likeness (QED) is 0.883. The fourth-order valence-electron chi connectivity index (χ4n) is 3.12. The highest BCUT2D eigenvalue weighted by atomic mass is 16.6. The predicted molar refractivity (Wildman–Crippen MR) is 106 cm³/mol. The summed E-state index contributed by atoms with van der Waals surface area (Å²) >= 11 is 0. The first kappa shape index (κ1) is 19.7. The van der Waals surface area contributed by atoms with Crippen LogP contribution in [-0.4, -0.2) is 46.2 Å². The molecule has 1 atom stereocenters. The molecular weight excluding hydrogens is 358 g/mol. The number of amides is 2. The third-order valence-electron chi connectivity index (χ3n) is 4.41. The summed E-state index contributed by atoms with van der Waals surface area (Å²) in [6, 6.07) is 11.8. The van der Waals surface area contributed by atoms with Gasteiger partial charge < -0.3 is 15.0 Å². The Morgan fingerprint density at radius 2 is 1.82 bits per heavy atom. The van der Waals surface area contributed by atoms with E-state index in [2.05, 4.69) is 5.32 Å². The number of nitrogens with zero attached hydrogens (tertiary/aromatic N) is 2. The van der Waals surface area contributed by atoms with Crippen molar-refractivity contribution in [3.05, 3.63) is 64.6 Å². The summed E-state index contributed by atoms with van der Waals surface area (Å²) in [7, 11) is 0. The highest BCUT2D eigenvalue weighted by Gasteiger charge is 2.29. The molecule has 1 aliphatic rings. The van der Waals surface area contributed by atoms with E-state index < -0.39 is 11.7 Å². The van der Waals surface area contributed by atoms with Gasteiger partial charge >= 0.3 is 6.09 Å². The second kappa shape index (κ2) is 7.88. The Kier molecular flexibility index (Phi) is 5.53. The van der Waals surface area contributed by atoms with E-state index in [1.807, 2.05) is 20.8 Å². The molecule has 28 heavy (non-hydrogen) atoms. The molecule has 2 aromatic rings. The standard InChI is InChI=1S/C21H25N3O4/c1-21(2,3)28-20(27)22-16-11-13-23(14-16)19(26)15-7-9-17(10-8-15)24-12-5-4-6-18(24)25/h4-10,12,16H,11,13-14H2,1-3H3,(H,22,27). The monoisotopic (exact) mass is 383 g/mol. The van der Waals surface area contributed by atoms with Crippen LogP contribution in [-0.2, 0) is 4.74 Å². The van der Waals surface area contributed by atoms with Crippen LogP contribution in [0.5, 0.6) is 0 Å². The number of hydrogen-bond donors (Lipinski definition) is 1. The van der Waals surface area contributed by atoms with E-state index in [4.69, 9.17) is 4.74 Å². The minimum atomic E-state index is -0.555. The molecule has 1 N–H and O–H groups in total. The first-order chi connectivity index (χ1) is 13.2. The van der Waals surface area contributed by atoms with Gasteiger partial charge in [0.05, 0.1) is 6.04 Å². The lowest BCUT2D eigenvalue weighted by Gasteiger charge is -2.22. The lowest BCUT2D eigenvalue weighted by molar-refractivity contribution is 0.0502. The van der Waals surface area contributed by atoms with Gasteiger partial charge in [-0.2, -0.15) is 0 Å². The number of alkyl carbamates (subject to hydrolysis) is 1. The van der Waals surface area contributed by atoms with Gasteiger partial charge in [-0.3, -0.25) is 14.2 Å². The van der Waals surface area contributed by atoms with Crippen LogP contribution in [0.15, 0.2) is 53.5 Å². The number of benzene rings is 1. The van der Waals surface area contributed by atoms with Gasteiger partial charge in [0, 0.05) is 36.6 Å². The van der Waals surface area contributed by atoms with E-state index in [-0.39, 0.29) is 17.5 Å². The second-order valence-corrected chi connectivity index (χ2v) is 7.84. The average Bonchev–Trinajstić information content (AvgIpc) is 3.08. The Balaban J connectivity index is 1.61. The summed E-state index contributed by atoms with van der Waals surface area (Å²) in [5, 5.41) is 2.82. The van der Waals surface area contributed by atoms with E-state index in [1.54, 1.807) is 47.5 Å². The van der Waals surface area contributed by atoms with E-state index in [0.717, 1.165) is 0 Å². The molecule has 7 nitrogen and oxygen atoms in total. The first-order valence-corrected chi connectivity index (χ1v) is 9.30. The molecule has 0 bridgehead atoms. The van der Waals surface area contributed by atoms with Crippen LogP contribution in [0.25, 0.3) is 5.69 Å². The Labute approximate surface area is 163 Å². The van der Waals surface area contributed by atoms with Crippen molar-refractivity contribution < 1.29 is 14.3 Å². The molecule has 0 aliphatic carbocycles. The molecular formula is C21H25N3O4. The van der Waals surface area contributed by atoms with Crippen LogP contribution in [0.4, 0.5) is 4.79 Å². The fraction of sp³-hybridized carbons (Fsp3) is 0.381. The van der Waals surface area contributed by atoms with Crippen molar-refractivity contribution in [2.24, 2.45) is 0 Å². The van der Waals surface area contributed by atoms with Crippen LogP contribution < -0.4 is 10.9 Å². The molecule has 1 aliphatic heterocycles.